The highest BCUT2D eigenvalue weighted by molar-refractivity contribution is 5.76. The van der Waals surface area contributed by atoms with Gasteiger partial charge in [-0.1, -0.05) is 82.9 Å². The predicted octanol–water partition coefficient (Wildman–Crippen LogP) is 6.12. The monoisotopic (exact) mass is 838 g/mol. The van der Waals surface area contributed by atoms with Crippen molar-refractivity contribution in [1.29, 1.82) is 0 Å². The number of nitrogens with one attached hydrogen (secondary N) is 1. The van der Waals surface area contributed by atoms with Gasteiger partial charge in [0.05, 0.1) is 37.4 Å². The van der Waals surface area contributed by atoms with Crippen molar-refractivity contribution in [2.45, 2.75) is 168 Å². The minimum absolute atomic E-state index is 0.0470. The van der Waals surface area contributed by atoms with E-state index in [0.717, 1.165) is 69.9 Å². The molecule has 15 unspecified atom stereocenters. The van der Waals surface area contributed by atoms with Crippen molar-refractivity contribution in [2.24, 2.45) is 56.2 Å². The van der Waals surface area contributed by atoms with Crippen LogP contribution in [0.15, 0.2) is 35.9 Å². The van der Waals surface area contributed by atoms with E-state index >= 15 is 0 Å². The lowest BCUT2D eigenvalue weighted by molar-refractivity contribution is -0.339. The van der Waals surface area contributed by atoms with Gasteiger partial charge in [0.1, 0.15) is 18.3 Å². The molecule has 0 amide bonds. The summed E-state index contributed by atoms with van der Waals surface area (Å²) in [6.45, 7) is 10.1. The SMILES string of the molecule is CNCc1ccc(COC2CC3(C4CCCCC4)C(CCC4(C)C3CC=C3C5CC(C)(CO)CCC5(C(=O)O)CCC34C)C(C)(CO)C2OC2OCC(O)C(O)C2O)cc1. The van der Waals surface area contributed by atoms with Crippen molar-refractivity contribution in [3.8, 4) is 0 Å². The second kappa shape index (κ2) is 16.6. The molecule has 6 fully saturated rings. The fraction of sp³-hybridized carbons (Fsp3) is 0.816. The van der Waals surface area contributed by atoms with E-state index in [1.54, 1.807) is 0 Å². The van der Waals surface area contributed by atoms with Crippen LogP contribution in [0.1, 0.15) is 129 Å². The number of aliphatic hydroxyl groups excluding tert-OH is 5. The van der Waals surface area contributed by atoms with Crippen molar-refractivity contribution >= 4 is 5.97 Å². The second-order valence-corrected chi connectivity index (χ2v) is 21.8. The fourth-order valence-electron chi connectivity index (χ4n) is 15.3. The maximum atomic E-state index is 13.4. The summed E-state index contributed by atoms with van der Waals surface area (Å²) in [6.07, 6.45) is 8.46. The van der Waals surface area contributed by atoms with Gasteiger partial charge in [-0.05, 0) is 134 Å². The molecule has 60 heavy (non-hydrogen) atoms. The first kappa shape index (κ1) is 44.7. The third-order valence-corrected chi connectivity index (χ3v) is 18.9. The zero-order valence-electron chi connectivity index (χ0n) is 36.9. The average Bonchev–Trinajstić information content (AvgIpc) is 3.24. The summed E-state index contributed by atoms with van der Waals surface area (Å²) in [5.74, 6) is -0.142. The van der Waals surface area contributed by atoms with Crippen molar-refractivity contribution in [3.63, 3.8) is 0 Å². The molecule has 7 aliphatic rings. The standard InChI is InChI=1S/C49H75NO10/c1-44(28-51)19-21-48(43(56)57)22-20-46(3)33(34(48)23-44)15-16-38-47(46,4)18-17-37-45(2,29-52)41(60-42-40(55)39(54)35(53)27-59-42)36(24-49(37,38)32-9-7-6-8-10-32)58-26-31-13-11-30(12-14-31)25-50-5/h11-15,32,34-42,50-55H,6-10,16-29H2,1-5H3,(H,56,57). The Hall–Kier alpha value is -1.93. The van der Waals surface area contributed by atoms with Crippen LogP contribution >= 0.6 is 0 Å². The van der Waals surface area contributed by atoms with E-state index in [2.05, 4.69) is 63.4 Å². The molecule has 6 aliphatic carbocycles. The molecule has 1 saturated heterocycles. The average molecular weight is 838 g/mol. The lowest BCUT2D eigenvalue weighted by atomic mass is 9.31. The molecule has 0 bridgehead atoms. The Bertz CT molecular complexity index is 1730. The maximum absolute atomic E-state index is 13.4. The second-order valence-electron chi connectivity index (χ2n) is 21.8. The summed E-state index contributed by atoms with van der Waals surface area (Å²) in [4.78, 5) is 13.4. The summed E-state index contributed by atoms with van der Waals surface area (Å²) < 4.78 is 19.9. The quantitative estimate of drug-likeness (QED) is 0.101. The molecule has 7 N–H and O–H groups in total. The Morgan fingerprint density at radius 2 is 1.55 bits per heavy atom. The first-order valence-electron chi connectivity index (χ1n) is 23.4. The van der Waals surface area contributed by atoms with Crippen LogP contribution in [0.25, 0.3) is 0 Å². The third-order valence-electron chi connectivity index (χ3n) is 18.9. The Kier molecular flexibility index (Phi) is 12.3. The summed E-state index contributed by atoms with van der Waals surface area (Å²) in [6, 6.07) is 8.42. The van der Waals surface area contributed by atoms with Crippen LogP contribution in [-0.2, 0) is 32.2 Å². The van der Waals surface area contributed by atoms with Crippen molar-refractivity contribution in [2.75, 3.05) is 26.9 Å². The Morgan fingerprint density at radius 3 is 2.22 bits per heavy atom. The number of carboxylic acid groups (broad SMARTS) is 1. The number of carbonyl (C=O) groups is 1. The van der Waals surface area contributed by atoms with E-state index in [4.69, 9.17) is 14.2 Å². The number of aliphatic carboxylic acids is 1. The first-order valence-corrected chi connectivity index (χ1v) is 23.4. The Labute approximate surface area is 357 Å². The molecule has 0 spiro atoms. The fourth-order valence-corrected chi connectivity index (χ4v) is 15.3. The number of rotatable bonds is 11. The van der Waals surface area contributed by atoms with Crippen molar-refractivity contribution in [3.05, 3.63) is 47.0 Å². The van der Waals surface area contributed by atoms with E-state index in [9.17, 15) is 35.4 Å². The normalized spacial score (nSPS) is 47.0. The highest BCUT2D eigenvalue weighted by Gasteiger charge is 2.73. The number of hydrogen-bond acceptors (Lipinski definition) is 10. The minimum atomic E-state index is -1.48. The summed E-state index contributed by atoms with van der Waals surface area (Å²) in [5, 5.41) is 69.0. The highest BCUT2D eigenvalue weighted by atomic mass is 16.7. The number of hydrogen-bond donors (Lipinski definition) is 7. The van der Waals surface area contributed by atoms with Gasteiger partial charge in [0.25, 0.3) is 0 Å². The van der Waals surface area contributed by atoms with Crippen LogP contribution in [0.2, 0.25) is 0 Å². The smallest absolute Gasteiger partial charge is 0.310 e. The lowest BCUT2D eigenvalue weighted by Gasteiger charge is -2.74. The van der Waals surface area contributed by atoms with Gasteiger partial charge in [-0.25, -0.2) is 0 Å². The molecule has 336 valence electrons. The van der Waals surface area contributed by atoms with Gasteiger partial charge < -0.3 is 50.2 Å². The van der Waals surface area contributed by atoms with Crippen LogP contribution in [0.5, 0.6) is 0 Å². The minimum Gasteiger partial charge on any atom is -0.481 e. The van der Waals surface area contributed by atoms with Crippen LogP contribution in [0, 0.1) is 56.2 Å². The van der Waals surface area contributed by atoms with Crippen molar-refractivity contribution in [1.82, 2.24) is 5.32 Å². The lowest BCUT2D eigenvalue weighted by Crippen LogP contribution is -2.71. The number of allylic oxidation sites excluding steroid dienone is 2. The van der Waals surface area contributed by atoms with Gasteiger partial charge in [0.15, 0.2) is 6.29 Å². The Balaban J connectivity index is 1.23. The molecule has 11 nitrogen and oxygen atoms in total. The molecule has 0 aromatic heterocycles. The molecule has 1 heterocycles. The first-order chi connectivity index (χ1) is 28.6. The predicted molar refractivity (Wildman–Crippen MR) is 226 cm³/mol. The van der Waals surface area contributed by atoms with Crippen LogP contribution < -0.4 is 5.32 Å². The van der Waals surface area contributed by atoms with Gasteiger partial charge in [-0.15, -0.1) is 0 Å². The van der Waals surface area contributed by atoms with Gasteiger partial charge in [-0.3, -0.25) is 4.79 Å². The van der Waals surface area contributed by atoms with E-state index in [1.807, 2.05) is 7.05 Å². The number of ether oxygens (including phenoxy) is 3. The number of carboxylic acids is 1. The molecule has 1 aromatic rings. The van der Waals surface area contributed by atoms with Crippen molar-refractivity contribution < 1.29 is 49.6 Å². The number of benzene rings is 1. The largest absolute Gasteiger partial charge is 0.481 e. The molecule has 1 aliphatic heterocycles. The van der Waals surface area contributed by atoms with Gasteiger partial charge >= 0.3 is 5.97 Å². The zero-order valence-corrected chi connectivity index (χ0v) is 36.9. The van der Waals surface area contributed by atoms with Gasteiger partial charge in [0.2, 0.25) is 0 Å². The molecular formula is C49H75NO10. The number of fused-ring (bicyclic) bond motifs is 7. The van der Waals surface area contributed by atoms with Crippen LogP contribution in [0.3, 0.4) is 0 Å². The molecular weight excluding hydrogens is 763 g/mol. The van der Waals surface area contributed by atoms with E-state index < -0.39 is 53.6 Å². The molecule has 1 aromatic carbocycles. The van der Waals surface area contributed by atoms with Gasteiger partial charge in [0, 0.05) is 18.6 Å². The Morgan fingerprint density at radius 1 is 0.850 bits per heavy atom. The molecule has 0 radical (unpaired) electrons. The van der Waals surface area contributed by atoms with E-state index in [-0.39, 0.29) is 59.2 Å². The summed E-state index contributed by atoms with van der Waals surface area (Å²) in [7, 11) is 1.93. The third kappa shape index (κ3) is 6.89. The summed E-state index contributed by atoms with van der Waals surface area (Å²) in [5.41, 5.74) is 0.918. The van der Waals surface area contributed by atoms with Crippen LogP contribution in [-0.4, -0.2) is 100 Å². The molecule has 15 atom stereocenters. The summed E-state index contributed by atoms with van der Waals surface area (Å²) >= 11 is 0. The molecule has 8 rings (SSSR count). The topological polar surface area (TPSA) is 178 Å². The molecule has 11 heteroatoms. The van der Waals surface area contributed by atoms with Gasteiger partial charge in [-0.2, -0.15) is 0 Å². The van der Waals surface area contributed by atoms with Crippen LogP contribution in [0.4, 0.5) is 0 Å². The number of aliphatic hydroxyl groups is 5. The zero-order chi connectivity index (χ0) is 42.9. The highest BCUT2D eigenvalue weighted by Crippen LogP contribution is 2.78. The maximum Gasteiger partial charge on any atom is 0.310 e. The van der Waals surface area contributed by atoms with E-state index in [0.29, 0.717) is 38.2 Å². The van der Waals surface area contributed by atoms with E-state index in [1.165, 1.54) is 17.6 Å². The molecule has 5 saturated carbocycles.